The molecule has 0 aliphatic rings. The normalized spacial score (nSPS) is 10.7. The maximum Gasteiger partial charge on any atom is 0.234 e. The number of para-hydroxylation sites is 1. The van der Waals surface area contributed by atoms with Gasteiger partial charge in [-0.15, -0.1) is 10.2 Å². The number of hydrogen-bond donors (Lipinski definition) is 1. The van der Waals surface area contributed by atoms with Crippen molar-refractivity contribution in [2.45, 2.75) is 38.4 Å². The minimum atomic E-state index is -0.0669. The van der Waals surface area contributed by atoms with Gasteiger partial charge in [0.05, 0.1) is 18.4 Å². The molecule has 0 spiro atoms. The zero-order chi connectivity index (χ0) is 20.6. The van der Waals surface area contributed by atoms with Gasteiger partial charge in [0.1, 0.15) is 5.75 Å². The van der Waals surface area contributed by atoms with Crippen molar-refractivity contribution >= 4 is 23.4 Å². The Hall–Kier alpha value is -2.80. The SMILES string of the molecule is CCCc1ccc(NC(=O)CSc2nnc(-c3ccccc3OC)n2CC)cc1. The summed E-state index contributed by atoms with van der Waals surface area (Å²) in [5.41, 5.74) is 2.97. The molecule has 0 saturated heterocycles. The van der Waals surface area contributed by atoms with Gasteiger partial charge in [0.2, 0.25) is 5.91 Å². The van der Waals surface area contributed by atoms with Crippen LogP contribution in [0, 0.1) is 0 Å². The molecule has 0 saturated carbocycles. The lowest BCUT2D eigenvalue weighted by Crippen LogP contribution is -2.14. The third-order valence-electron chi connectivity index (χ3n) is 4.49. The number of amides is 1. The highest BCUT2D eigenvalue weighted by molar-refractivity contribution is 7.99. The minimum absolute atomic E-state index is 0.0669. The van der Waals surface area contributed by atoms with E-state index in [1.807, 2.05) is 47.9 Å². The van der Waals surface area contributed by atoms with Gasteiger partial charge in [0, 0.05) is 12.2 Å². The largest absolute Gasteiger partial charge is 0.496 e. The highest BCUT2D eigenvalue weighted by Crippen LogP contribution is 2.30. The van der Waals surface area contributed by atoms with Gasteiger partial charge < -0.3 is 14.6 Å². The topological polar surface area (TPSA) is 69.0 Å². The highest BCUT2D eigenvalue weighted by atomic mass is 32.2. The van der Waals surface area contributed by atoms with Crippen molar-refractivity contribution in [3.05, 3.63) is 54.1 Å². The van der Waals surface area contributed by atoms with Gasteiger partial charge in [0.25, 0.3) is 0 Å². The van der Waals surface area contributed by atoms with Crippen molar-refractivity contribution in [3.63, 3.8) is 0 Å². The number of rotatable bonds is 9. The number of nitrogens with zero attached hydrogens (tertiary/aromatic N) is 3. The predicted octanol–water partition coefficient (Wildman–Crippen LogP) is 4.66. The maximum atomic E-state index is 12.4. The second-order valence-corrected chi connectivity index (χ2v) is 7.48. The number of benzene rings is 2. The van der Waals surface area contributed by atoms with Crippen molar-refractivity contribution in [1.82, 2.24) is 14.8 Å². The quantitative estimate of drug-likeness (QED) is 0.520. The van der Waals surface area contributed by atoms with Crippen molar-refractivity contribution in [2.24, 2.45) is 0 Å². The third-order valence-corrected chi connectivity index (χ3v) is 5.46. The molecule has 7 heteroatoms. The summed E-state index contributed by atoms with van der Waals surface area (Å²) in [6, 6.07) is 15.7. The standard InChI is InChI=1S/C22H26N4O2S/c1-4-8-16-11-13-17(14-12-16)23-20(27)15-29-22-25-24-21(26(22)5-2)18-9-6-7-10-19(18)28-3/h6-7,9-14H,4-5,8,15H2,1-3H3,(H,23,27). The van der Waals surface area contributed by atoms with Crippen LogP contribution in [0.5, 0.6) is 5.75 Å². The molecule has 2 aromatic carbocycles. The van der Waals surface area contributed by atoms with E-state index >= 15 is 0 Å². The number of aromatic nitrogens is 3. The van der Waals surface area contributed by atoms with E-state index in [-0.39, 0.29) is 11.7 Å². The number of carbonyl (C=O) groups is 1. The van der Waals surface area contributed by atoms with Gasteiger partial charge in [-0.1, -0.05) is 49.4 Å². The molecule has 1 aromatic heterocycles. The number of ether oxygens (including phenoxy) is 1. The molecule has 1 N–H and O–H groups in total. The van der Waals surface area contributed by atoms with E-state index < -0.39 is 0 Å². The van der Waals surface area contributed by atoms with Crippen LogP contribution in [0.2, 0.25) is 0 Å². The summed E-state index contributed by atoms with van der Waals surface area (Å²) in [6.45, 7) is 4.88. The molecule has 0 unspecified atom stereocenters. The molecule has 6 nitrogen and oxygen atoms in total. The van der Waals surface area contributed by atoms with Crippen molar-refractivity contribution in [2.75, 3.05) is 18.2 Å². The summed E-state index contributed by atoms with van der Waals surface area (Å²) in [5.74, 6) is 1.68. The summed E-state index contributed by atoms with van der Waals surface area (Å²) in [4.78, 5) is 12.4. The smallest absolute Gasteiger partial charge is 0.234 e. The highest BCUT2D eigenvalue weighted by Gasteiger charge is 2.17. The van der Waals surface area contributed by atoms with Crippen LogP contribution >= 0.6 is 11.8 Å². The lowest BCUT2D eigenvalue weighted by molar-refractivity contribution is -0.113. The van der Waals surface area contributed by atoms with Crippen LogP contribution in [0.3, 0.4) is 0 Å². The van der Waals surface area contributed by atoms with Crippen molar-refractivity contribution < 1.29 is 9.53 Å². The summed E-state index contributed by atoms with van der Waals surface area (Å²) >= 11 is 1.38. The van der Waals surface area contributed by atoms with Crippen LogP contribution in [-0.4, -0.2) is 33.5 Å². The van der Waals surface area contributed by atoms with Crippen molar-refractivity contribution in [1.29, 1.82) is 0 Å². The van der Waals surface area contributed by atoms with Gasteiger partial charge in [-0.3, -0.25) is 4.79 Å². The molecule has 3 rings (SSSR count). The van der Waals surface area contributed by atoms with Gasteiger partial charge in [-0.05, 0) is 43.2 Å². The minimum Gasteiger partial charge on any atom is -0.496 e. The number of carbonyl (C=O) groups excluding carboxylic acids is 1. The van der Waals surface area contributed by atoms with Crippen molar-refractivity contribution in [3.8, 4) is 17.1 Å². The van der Waals surface area contributed by atoms with Gasteiger partial charge in [-0.25, -0.2) is 0 Å². The first kappa shape index (κ1) is 20.9. The van der Waals surface area contributed by atoms with E-state index in [2.05, 4.69) is 34.6 Å². The average molecular weight is 411 g/mol. The van der Waals surface area contributed by atoms with Crippen LogP contribution in [0.25, 0.3) is 11.4 Å². The molecule has 1 heterocycles. The molecule has 0 aliphatic carbocycles. The van der Waals surface area contributed by atoms with Crippen LogP contribution in [0.15, 0.2) is 53.7 Å². The number of hydrogen-bond acceptors (Lipinski definition) is 5. The van der Waals surface area contributed by atoms with E-state index in [1.165, 1.54) is 17.3 Å². The van der Waals surface area contributed by atoms with E-state index in [4.69, 9.17) is 4.74 Å². The zero-order valence-electron chi connectivity index (χ0n) is 17.0. The Morgan fingerprint density at radius 1 is 1.10 bits per heavy atom. The molecular formula is C22H26N4O2S. The number of thioether (sulfide) groups is 1. The van der Waals surface area contributed by atoms with E-state index in [0.29, 0.717) is 11.7 Å². The Balaban J connectivity index is 1.66. The van der Waals surface area contributed by atoms with Crippen LogP contribution in [0.1, 0.15) is 25.8 Å². The van der Waals surface area contributed by atoms with E-state index in [0.717, 1.165) is 35.7 Å². The first-order chi connectivity index (χ1) is 14.2. The van der Waals surface area contributed by atoms with Gasteiger partial charge in [0.15, 0.2) is 11.0 Å². The Kier molecular flexibility index (Phi) is 7.30. The Labute approximate surface area is 175 Å². The Morgan fingerprint density at radius 2 is 1.86 bits per heavy atom. The summed E-state index contributed by atoms with van der Waals surface area (Å²) in [7, 11) is 1.64. The number of anilines is 1. The summed E-state index contributed by atoms with van der Waals surface area (Å²) in [5, 5.41) is 12.3. The molecule has 0 aliphatic heterocycles. The molecule has 0 bridgehead atoms. The molecule has 29 heavy (non-hydrogen) atoms. The first-order valence-corrected chi connectivity index (χ1v) is 10.7. The van der Waals surface area contributed by atoms with Crippen LogP contribution in [-0.2, 0) is 17.8 Å². The average Bonchev–Trinajstić information content (AvgIpc) is 3.16. The fourth-order valence-electron chi connectivity index (χ4n) is 3.08. The maximum absolute atomic E-state index is 12.4. The summed E-state index contributed by atoms with van der Waals surface area (Å²) in [6.07, 6.45) is 2.16. The number of nitrogens with one attached hydrogen (secondary N) is 1. The lowest BCUT2D eigenvalue weighted by atomic mass is 10.1. The molecule has 0 atom stereocenters. The zero-order valence-corrected chi connectivity index (χ0v) is 17.8. The van der Waals surface area contributed by atoms with Gasteiger partial charge in [-0.2, -0.15) is 0 Å². The molecule has 152 valence electrons. The predicted molar refractivity (Wildman–Crippen MR) is 117 cm³/mol. The second kappa shape index (κ2) is 10.1. The third kappa shape index (κ3) is 5.17. The Bertz CT molecular complexity index is 954. The van der Waals surface area contributed by atoms with Gasteiger partial charge >= 0.3 is 0 Å². The monoisotopic (exact) mass is 410 g/mol. The lowest BCUT2D eigenvalue weighted by Gasteiger charge is -2.10. The fourth-order valence-corrected chi connectivity index (χ4v) is 3.88. The second-order valence-electron chi connectivity index (χ2n) is 6.53. The molecule has 3 aromatic rings. The number of aryl methyl sites for hydroxylation is 1. The van der Waals surface area contributed by atoms with Crippen LogP contribution < -0.4 is 10.1 Å². The summed E-state index contributed by atoms with van der Waals surface area (Å²) < 4.78 is 7.44. The molecule has 0 fully saturated rings. The van der Waals surface area contributed by atoms with E-state index in [9.17, 15) is 4.79 Å². The molecular weight excluding hydrogens is 384 g/mol. The molecule has 1 amide bonds. The van der Waals surface area contributed by atoms with Crippen LogP contribution in [0.4, 0.5) is 5.69 Å². The number of methoxy groups -OCH3 is 1. The molecule has 0 radical (unpaired) electrons. The first-order valence-electron chi connectivity index (χ1n) is 9.74. The van der Waals surface area contributed by atoms with E-state index in [1.54, 1.807) is 7.11 Å². The Morgan fingerprint density at radius 3 is 2.55 bits per heavy atom. The fraction of sp³-hybridized carbons (Fsp3) is 0.318.